The maximum Gasteiger partial charge on any atom is 0.410 e. The van der Waals surface area contributed by atoms with Crippen LogP contribution in [0.2, 0.25) is 0 Å². The van der Waals surface area contributed by atoms with Gasteiger partial charge in [-0.05, 0) is 37.0 Å². The lowest BCUT2D eigenvalue weighted by Gasteiger charge is -2.24. The van der Waals surface area contributed by atoms with Gasteiger partial charge in [-0.1, -0.05) is 36.4 Å². The fraction of sp³-hybridized carbons (Fsp3) is 0.333. The molecule has 0 spiro atoms. The molecule has 1 saturated heterocycles. The van der Waals surface area contributed by atoms with Crippen molar-refractivity contribution >= 4 is 6.09 Å². The van der Waals surface area contributed by atoms with Crippen LogP contribution in [0, 0.1) is 6.92 Å². The highest BCUT2D eigenvalue weighted by molar-refractivity contribution is 5.68. The minimum atomic E-state index is -0.244. The zero-order chi connectivity index (χ0) is 15.4. The minimum absolute atomic E-state index is 0.0800. The molecule has 1 atom stereocenters. The van der Waals surface area contributed by atoms with E-state index in [9.17, 15) is 4.79 Å². The lowest BCUT2D eigenvalue weighted by Crippen LogP contribution is -2.31. The number of ether oxygens (including phenoxy) is 1. The summed E-state index contributed by atoms with van der Waals surface area (Å²) in [4.78, 5) is 18.5. The number of carbonyl (C=O) groups is 1. The first-order valence-corrected chi connectivity index (χ1v) is 7.64. The van der Waals surface area contributed by atoms with Crippen molar-refractivity contribution in [2.24, 2.45) is 0 Å². The third kappa shape index (κ3) is 3.27. The van der Waals surface area contributed by atoms with Crippen LogP contribution >= 0.6 is 0 Å². The van der Waals surface area contributed by atoms with E-state index in [1.165, 1.54) is 0 Å². The first-order valence-electron chi connectivity index (χ1n) is 7.64. The molecule has 22 heavy (non-hydrogen) atoms. The van der Waals surface area contributed by atoms with Crippen LogP contribution in [0.4, 0.5) is 4.79 Å². The third-order valence-corrected chi connectivity index (χ3v) is 4.01. The van der Waals surface area contributed by atoms with Crippen molar-refractivity contribution in [1.82, 2.24) is 9.88 Å². The van der Waals surface area contributed by atoms with Crippen LogP contribution in [0.25, 0.3) is 0 Å². The topological polar surface area (TPSA) is 42.4 Å². The van der Waals surface area contributed by atoms with Gasteiger partial charge in [0.05, 0.1) is 6.04 Å². The zero-order valence-corrected chi connectivity index (χ0v) is 12.7. The molecular formula is C18H20N2O2. The fourth-order valence-electron chi connectivity index (χ4n) is 2.81. The molecule has 0 saturated carbocycles. The maximum atomic E-state index is 12.4. The van der Waals surface area contributed by atoms with Gasteiger partial charge in [-0.3, -0.25) is 4.98 Å². The predicted molar refractivity (Wildman–Crippen MR) is 84.3 cm³/mol. The van der Waals surface area contributed by atoms with Crippen LogP contribution in [0.5, 0.6) is 0 Å². The Balaban J connectivity index is 1.65. The molecule has 1 fully saturated rings. The fourth-order valence-corrected chi connectivity index (χ4v) is 2.81. The smallest absolute Gasteiger partial charge is 0.410 e. The van der Waals surface area contributed by atoms with E-state index in [2.05, 4.69) is 11.1 Å². The van der Waals surface area contributed by atoms with E-state index < -0.39 is 0 Å². The Morgan fingerprint density at radius 2 is 2.09 bits per heavy atom. The number of pyridine rings is 1. The molecule has 0 radical (unpaired) electrons. The Bertz CT molecular complexity index is 625. The van der Waals surface area contributed by atoms with Crippen molar-refractivity contribution in [2.45, 2.75) is 32.4 Å². The van der Waals surface area contributed by atoms with Gasteiger partial charge in [0.1, 0.15) is 6.61 Å². The highest BCUT2D eigenvalue weighted by Gasteiger charge is 2.31. The van der Waals surface area contributed by atoms with Gasteiger partial charge in [0.25, 0.3) is 0 Å². The summed E-state index contributed by atoms with van der Waals surface area (Å²) < 4.78 is 5.45. The molecular weight excluding hydrogens is 276 g/mol. The lowest BCUT2D eigenvalue weighted by molar-refractivity contribution is 0.0920. The standard InChI is InChI=1S/C18H20N2O2/c1-14-9-10-16(12-19-14)17-8-5-11-20(17)18(21)22-13-15-6-3-2-4-7-15/h2-4,6-7,9-10,12,17H,5,8,11,13H2,1H3/t17-/m1/s1. The zero-order valence-electron chi connectivity index (χ0n) is 12.7. The van der Waals surface area contributed by atoms with Gasteiger partial charge in [-0.25, -0.2) is 4.79 Å². The normalized spacial score (nSPS) is 17.5. The second kappa shape index (κ2) is 6.60. The summed E-state index contributed by atoms with van der Waals surface area (Å²) in [5, 5.41) is 0. The highest BCUT2D eigenvalue weighted by Crippen LogP contribution is 2.32. The number of hydrogen-bond acceptors (Lipinski definition) is 3. The number of rotatable bonds is 3. The van der Waals surface area contributed by atoms with E-state index in [4.69, 9.17) is 4.74 Å². The number of nitrogens with zero attached hydrogens (tertiary/aromatic N) is 2. The van der Waals surface area contributed by atoms with Crippen LogP contribution in [0.3, 0.4) is 0 Å². The first-order chi connectivity index (χ1) is 10.7. The van der Waals surface area contributed by atoms with E-state index in [0.29, 0.717) is 6.61 Å². The minimum Gasteiger partial charge on any atom is -0.445 e. The van der Waals surface area contributed by atoms with Gasteiger partial charge in [0, 0.05) is 18.4 Å². The molecule has 0 N–H and O–H groups in total. The van der Waals surface area contributed by atoms with Crippen molar-refractivity contribution in [3.63, 3.8) is 0 Å². The number of amides is 1. The average Bonchev–Trinajstić information content (AvgIpc) is 3.04. The molecule has 4 heteroatoms. The van der Waals surface area contributed by atoms with Crippen LogP contribution in [-0.4, -0.2) is 22.5 Å². The number of benzene rings is 1. The number of hydrogen-bond donors (Lipinski definition) is 0. The summed E-state index contributed by atoms with van der Waals surface area (Å²) >= 11 is 0. The van der Waals surface area contributed by atoms with Crippen molar-refractivity contribution < 1.29 is 9.53 Å². The van der Waals surface area contributed by atoms with Crippen LogP contribution in [-0.2, 0) is 11.3 Å². The number of aromatic nitrogens is 1. The molecule has 0 aliphatic carbocycles. The Hall–Kier alpha value is -2.36. The van der Waals surface area contributed by atoms with Gasteiger partial charge >= 0.3 is 6.09 Å². The summed E-state index contributed by atoms with van der Waals surface area (Å²) in [5.41, 5.74) is 3.07. The van der Waals surface area contributed by atoms with E-state index >= 15 is 0 Å². The Morgan fingerprint density at radius 1 is 1.27 bits per heavy atom. The van der Waals surface area contributed by atoms with Crippen molar-refractivity contribution in [3.05, 3.63) is 65.5 Å². The summed E-state index contributed by atoms with van der Waals surface area (Å²) in [6.07, 6.45) is 3.58. The molecule has 1 aromatic carbocycles. The lowest BCUT2D eigenvalue weighted by atomic mass is 10.1. The van der Waals surface area contributed by atoms with Crippen molar-refractivity contribution in [1.29, 1.82) is 0 Å². The summed E-state index contributed by atoms with van der Waals surface area (Å²) in [6, 6.07) is 13.9. The van der Waals surface area contributed by atoms with Crippen LogP contribution < -0.4 is 0 Å². The van der Waals surface area contributed by atoms with Crippen LogP contribution in [0.1, 0.15) is 35.7 Å². The SMILES string of the molecule is Cc1ccc([C@H]2CCCN2C(=O)OCc2ccccc2)cn1. The molecule has 1 aliphatic rings. The first kappa shape index (κ1) is 14.6. The van der Waals surface area contributed by atoms with E-state index in [0.717, 1.165) is 36.2 Å². The van der Waals surface area contributed by atoms with Gasteiger partial charge in [0.2, 0.25) is 0 Å². The molecule has 1 aliphatic heterocycles. The molecule has 3 rings (SSSR count). The van der Waals surface area contributed by atoms with Crippen molar-refractivity contribution in [3.8, 4) is 0 Å². The second-order valence-corrected chi connectivity index (χ2v) is 5.62. The van der Waals surface area contributed by atoms with Crippen LogP contribution in [0.15, 0.2) is 48.7 Å². The third-order valence-electron chi connectivity index (χ3n) is 4.01. The predicted octanol–water partition coefficient (Wildman–Crippen LogP) is 3.86. The monoisotopic (exact) mass is 296 g/mol. The highest BCUT2D eigenvalue weighted by atomic mass is 16.6. The summed E-state index contributed by atoms with van der Waals surface area (Å²) in [6.45, 7) is 3.02. The van der Waals surface area contributed by atoms with E-state index in [1.807, 2.05) is 54.4 Å². The summed E-state index contributed by atoms with van der Waals surface area (Å²) in [5.74, 6) is 0. The molecule has 1 aromatic heterocycles. The summed E-state index contributed by atoms with van der Waals surface area (Å²) in [7, 11) is 0. The molecule has 114 valence electrons. The molecule has 0 unspecified atom stereocenters. The number of likely N-dealkylation sites (tertiary alicyclic amines) is 1. The maximum absolute atomic E-state index is 12.4. The average molecular weight is 296 g/mol. The molecule has 1 amide bonds. The molecule has 2 aromatic rings. The van der Waals surface area contributed by atoms with E-state index in [-0.39, 0.29) is 12.1 Å². The van der Waals surface area contributed by atoms with Gasteiger partial charge < -0.3 is 9.64 Å². The quantitative estimate of drug-likeness (QED) is 0.863. The Labute approximate surface area is 130 Å². The number of carbonyl (C=O) groups excluding carboxylic acids is 1. The number of aryl methyl sites for hydroxylation is 1. The Kier molecular flexibility index (Phi) is 4.37. The molecule has 2 heterocycles. The van der Waals surface area contributed by atoms with E-state index in [1.54, 1.807) is 0 Å². The van der Waals surface area contributed by atoms with Crippen molar-refractivity contribution in [2.75, 3.05) is 6.54 Å². The van der Waals surface area contributed by atoms with Gasteiger partial charge in [0.15, 0.2) is 0 Å². The van der Waals surface area contributed by atoms with Gasteiger partial charge in [-0.2, -0.15) is 0 Å². The Morgan fingerprint density at radius 3 is 2.82 bits per heavy atom. The second-order valence-electron chi connectivity index (χ2n) is 5.62. The largest absolute Gasteiger partial charge is 0.445 e. The van der Waals surface area contributed by atoms with Gasteiger partial charge in [-0.15, -0.1) is 0 Å². The molecule has 4 nitrogen and oxygen atoms in total. The molecule has 0 bridgehead atoms.